The molecule has 0 aromatic rings. The van der Waals surface area contributed by atoms with Gasteiger partial charge >= 0.3 is 0 Å². The van der Waals surface area contributed by atoms with Crippen LogP contribution in [0, 0.1) is 23.7 Å². The summed E-state index contributed by atoms with van der Waals surface area (Å²) in [6, 6.07) is 0. The van der Waals surface area contributed by atoms with Gasteiger partial charge in [0.25, 0.3) is 0 Å². The van der Waals surface area contributed by atoms with Gasteiger partial charge in [-0.2, -0.15) is 0 Å². The van der Waals surface area contributed by atoms with Gasteiger partial charge in [0.15, 0.2) is 0 Å². The third kappa shape index (κ3) is 4.89. The monoisotopic (exact) mass is 224 g/mol. The van der Waals surface area contributed by atoms with Crippen molar-refractivity contribution in [1.29, 1.82) is 0 Å². The van der Waals surface area contributed by atoms with Crippen molar-refractivity contribution in [3.8, 4) is 0 Å². The second kappa shape index (κ2) is 7.35. The molecular formula is C16H32. The summed E-state index contributed by atoms with van der Waals surface area (Å²) >= 11 is 0. The van der Waals surface area contributed by atoms with Crippen LogP contribution in [0.4, 0.5) is 0 Å². The lowest BCUT2D eigenvalue weighted by Crippen LogP contribution is -1.89. The van der Waals surface area contributed by atoms with E-state index in [0.29, 0.717) is 0 Å². The van der Waals surface area contributed by atoms with Gasteiger partial charge in [-0.05, 0) is 36.5 Å². The van der Waals surface area contributed by atoms with E-state index in [-0.39, 0.29) is 0 Å². The zero-order valence-electron chi connectivity index (χ0n) is 12.0. The van der Waals surface area contributed by atoms with Crippen LogP contribution in [-0.2, 0) is 0 Å². The molecule has 0 heterocycles. The lowest BCUT2D eigenvalue weighted by molar-refractivity contribution is 0.501. The highest BCUT2D eigenvalue weighted by Crippen LogP contribution is 2.32. The van der Waals surface area contributed by atoms with Crippen molar-refractivity contribution in [2.45, 2.75) is 79.1 Å². The lowest BCUT2D eigenvalue weighted by atomic mass is 10.0. The predicted octanol–water partition coefficient (Wildman–Crippen LogP) is 5.67. The molecule has 2 rings (SSSR count). The third-order valence-corrected chi connectivity index (χ3v) is 4.76. The van der Waals surface area contributed by atoms with Gasteiger partial charge in [-0.15, -0.1) is 0 Å². The Morgan fingerprint density at radius 2 is 1.06 bits per heavy atom. The van der Waals surface area contributed by atoms with E-state index in [1.165, 1.54) is 51.4 Å². The molecule has 2 fully saturated rings. The molecule has 0 saturated heterocycles. The fourth-order valence-corrected chi connectivity index (χ4v) is 3.39. The van der Waals surface area contributed by atoms with E-state index in [1.807, 2.05) is 0 Å². The molecular weight excluding hydrogens is 192 g/mol. The van der Waals surface area contributed by atoms with Gasteiger partial charge in [-0.3, -0.25) is 0 Å². The molecule has 2 aliphatic carbocycles. The van der Waals surface area contributed by atoms with Crippen LogP contribution in [0.15, 0.2) is 0 Å². The van der Waals surface area contributed by atoms with Crippen molar-refractivity contribution in [2.75, 3.05) is 0 Å². The molecule has 0 aromatic heterocycles. The Morgan fingerprint density at radius 3 is 1.19 bits per heavy atom. The Labute approximate surface area is 103 Å². The minimum absolute atomic E-state index is 1.03. The molecule has 2 aliphatic rings. The highest BCUT2D eigenvalue weighted by molar-refractivity contribution is 4.71. The average Bonchev–Trinajstić information content (AvgIpc) is 2.88. The molecule has 96 valence electrons. The maximum absolute atomic E-state index is 2.37. The molecule has 0 radical (unpaired) electrons. The smallest absolute Gasteiger partial charge is 0.0414 e. The zero-order chi connectivity index (χ0) is 12.0. The van der Waals surface area contributed by atoms with Crippen LogP contribution in [0.3, 0.4) is 0 Å². The van der Waals surface area contributed by atoms with Crippen molar-refractivity contribution >= 4 is 0 Å². The van der Waals surface area contributed by atoms with E-state index in [9.17, 15) is 0 Å². The SMILES string of the molecule is CC[C@@H]1CC[C@@H](C)C1.CC[C@H]1CC[C@H](C)C1. The summed E-state index contributed by atoms with van der Waals surface area (Å²) in [5, 5.41) is 0. The highest BCUT2D eigenvalue weighted by Gasteiger charge is 2.19. The van der Waals surface area contributed by atoms with Gasteiger partial charge in [0, 0.05) is 0 Å². The van der Waals surface area contributed by atoms with E-state index in [4.69, 9.17) is 0 Å². The minimum atomic E-state index is 1.03. The Morgan fingerprint density at radius 1 is 0.688 bits per heavy atom. The normalized spacial score (nSPS) is 38.2. The van der Waals surface area contributed by atoms with Crippen molar-refractivity contribution in [3.05, 3.63) is 0 Å². The molecule has 0 unspecified atom stereocenters. The molecule has 0 aliphatic heterocycles. The molecule has 0 nitrogen and oxygen atoms in total. The van der Waals surface area contributed by atoms with Crippen LogP contribution < -0.4 is 0 Å². The molecule has 2 saturated carbocycles. The highest BCUT2D eigenvalue weighted by atomic mass is 14.2. The number of hydrogen-bond acceptors (Lipinski definition) is 0. The summed E-state index contributed by atoms with van der Waals surface area (Å²) in [5.41, 5.74) is 0. The van der Waals surface area contributed by atoms with Gasteiger partial charge in [-0.1, -0.05) is 66.2 Å². The van der Waals surface area contributed by atoms with Crippen LogP contribution in [0.5, 0.6) is 0 Å². The maximum Gasteiger partial charge on any atom is -0.0414 e. The number of rotatable bonds is 2. The molecule has 0 spiro atoms. The Kier molecular flexibility index (Phi) is 6.46. The average molecular weight is 224 g/mol. The van der Waals surface area contributed by atoms with Gasteiger partial charge in [0.2, 0.25) is 0 Å². The number of hydrogen-bond donors (Lipinski definition) is 0. The minimum Gasteiger partial charge on any atom is -0.0651 e. The molecule has 4 atom stereocenters. The lowest BCUT2D eigenvalue weighted by Gasteiger charge is -2.02. The molecule has 0 N–H and O–H groups in total. The summed E-state index contributed by atoms with van der Waals surface area (Å²) in [4.78, 5) is 0. The van der Waals surface area contributed by atoms with E-state index in [2.05, 4.69) is 27.7 Å². The summed E-state index contributed by atoms with van der Waals surface area (Å²) in [5.74, 6) is 4.20. The van der Waals surface area contributed by atoms with Crippen LogP contribution in [0.1, 0.15) is 79.1 Å². The fourth-order valence-electron chi connectivity index (χ4n) is 3.39. The first-order chi connectivity index (χ1) is 7.65. The Balaban J connectivity index is 0.000000160. The maximum atomic E-state index is 2.37. The van der Waals surface area contributed by atoms with Crippen molar-refractivity contribution in [2.24, 2.45) is 23.7 Å². The fraction of sp³-hybridized carbons (Fsp3) is 1.00. The topological polar surface area (TPSA) is 0 Å². The second-order valence-corrected chi connectivity index (χ2v) is 6.38. The van der Waals surface area contributed by atoms with E-state index < -0.39 is 0 Å². The van der Waals surface area contributed by atoms with Gasteiger partial charge in [-0.25, -0.2) is 0 Å². The van der Waals surface area contributed by atoms with Crippen LogP contribution >= 0.6 is 0 Å². The molecule has 0 bridgehead atoms. The van der Waals surface area contributed by atoms with Crippen LogP contribution in [0.2, 0.25) is 0 Å². The molecule has 16 heavy (non-hydrogen) atoms. The second-order valence-electron chi connectivity index (χ2n) is 6.38. The van der Waals surface area contributed by atoms with Crippen molar-refractivity contribution in [1.82, 2.24) is 0 Å². The van der Waals surface area contributed by atoms with E-state index in [0.717, 1.165) is 23.7 Å². The first-order valence-corrected chi connectivity index (χ1v) is 7.65. The third-order valence-electron chi connectivity index (χ3n) is 4.76. The Bertz CT molecular complexity index is 153. The largest absolute Gasteiger partial charge is 0.0651 e. The molecule has 0 amide bonds. The van der Waals surface area contributed by atoms with Crippen LogP contribution in [0.25, 0.3) is 0 Å². The summed E-state index contributed by atoms with van der Waals surface area (Å²) < 4.78 is 0. The van der Waals surface area contributed by atoms with Crippen molar-refractivity contribution in [3.63, 3.8) is 0 Å². The molecule has 0 aromatic carbocycles. The summed E-state index contributed by atoms with van der Waals surface area (Å²) in [6.45, 7) is 9.36. The first-order valence-electron chi connectivity index (χ1n) is 7.65. The van der Waals surface area contributed by atoms with Crippen molar-refractivity contribution < 1.29 is 0 Å². The standard InChI is InChI=1S/2C8H16/c2*1-3-8-5-4-7(2)6-8/h2*7-8H,3-6H2,1-2H3/t2*7-,8-/m10/s1. The quantitative estimate of drug-likeness (QED) is 0.567. The van der Waals surface area contributed by atoms with Gasteiger partial charge < -0.3 is 0 Å². The molecule has 0 heteroatoms. The van der Waals surface area contributed by atoms with Crippen LogP contribution in [-0.4, -0.2) is 0 Å². The summed E-state index contributed by atoms with van der Waals surface area (Å²) in [6.07, 6.45) is 11.8. The van der Waals surface area contributed by atoms with Gasteiger partial charge in [0.1, 0.15) is 0 Å². The Hall–Kier alpha value is 0. The summed E-state index contributed by atoms with van der Waals surface area (Å²) in [7, 11) is 0. The van der Waals surface area contributed by atoms with Gasteiger partial charge in [0.05, 0.1) is 0 Å². The zero-order valence-corrected chi connectivity index (χ0v) is 12.0. The van der Waals surface area contributed by atoms with E-state index in [1.54, 1.807) is 0 Å². The first kappa shape index (κ1) is 14.1. The predicted molar refractivity (Wildman–Crippen MR) is 73.6 cm³/mol. The van der Waals surface area contributed by atoms with E-state index >= 15 is 0 Å².